The third-order valence-corrected chi connectivity index (χ3v) is 2.82. The minimum Gasteiger partial charge on any atom is -0.395 e. The van der Waals surface area contributed by atoms with Gasteiger partial charge < -0.3 is 5.11 Å². The van der Waals surface area contributed by atoms with E-state index < -0.39 is 0 Å². The molecule has 76 valence electrons. The first-order chi connectivity index (χ1) is 6.27. The molecule has 0 aromatic carbocycles. The molecular formula is C10H19NO2. The van der Waals surface area contributed by atoms with Crippen LogP contribution in [0.15, 0.2) is 0 Å². The Labute approximate surface area is 79.7 Å². The normalized spacial score (nSPS) is 19.8. The Morgan fingerprint density at radius 2 is 2.08 bits per heavy atom. The number of aliphatic hydroxyl groups is 1. The number of nitrogens with zero attached hydrogens (tertiary/aromatic N) is 1. The van der Waals surface area contributed by atoms with Crippen molar-refractivity contribution in [1.29, 1.82) is 0 Å². The maximum Gasteiger partial charge on any atom is 0.133 e. The molecule has 0 atom stereocenters. The third-order valence-electron chi connectivity index (χ3n) is 2.82. The molecule has 1 saturated carbocycles. The Balaban J connectivity index is 2.36. The molecule has 0 unspecified atom stereocenters. The van der Waals surface area contributed by atoms with Crippen LogP contribution < -0.4 is 0 Å². The molecule has 3 heteroatoms. The number of likely N-dealkylation sites (N-methyl/N-ethyl adjacent to an activating group) is 1. The number of ketones is 1. The highest BCUT2D eigenvalue weighted by atomic mass is 16.3. The second-order valence-corrected chi connectivity index (χ2v) is 3.62. The number of hydrogen-bond donors (Lipinski definition) is 1. The van der Waals surface area contributed by atoms with Gasteiger partial charge in [0.15, 0.2) is 0 Å². The highest BCUT2D eigenvalue weighted by Gasteiger charge is 2.22. The summed E-state index contributed by atoms with van der Waals surface area (Å²) < 4.78 is 0. The van der Waals surface area contributed by atoms with Crippen molar-refractivity contribution in [3.05, 3.63) is 0 Å². The number of carbonyl (C=O) groups excluding carboxylic acids is 1. The van der Waals surface area contributed by atoms with E-state index in [-0.39, 0.29) is 6.61 Å². The summed E-state index contributed by atoms with van der Waals surface area (Å²) in [4.78, 5) is 13.3. The van der Waals surface area contributed by atoms with Gasteiger partial charge >= 0.3 is 0 Å². The fourth-order valence-electron chi connectivity index (χ4n) is 2.02. The van der Waals surface area contributed by atoms with Gasteiger partial charge in [0.1, 0.15) is 5.78 Å². The van der Waals surface area contributed by atoms with Gasteiger partial charge in [-0.3, -0.25) is 9.69 Å². The lowest BCUT2D eigenvalue weighted by Crippen LogP contribution is -2.39. The van der Waals surface area contributed by atoms with Crippen LogP contribution in [0.5, 0.6) is 0 Å². The zero-order valence-corrected chi connectivity index (χ0v) is 8.33. The topological polar surface area (TPSA) is 40.5 Å². The molecule has 0 aromatic heterocycles. The monoisotopic (exact) mass is 185 g/mol. The van der Waals surface area contributed by atoms with Gasteiger partial charge in [0, 0.05) is 25.4 Å². The van der Waals surface area contributed by atoms with E-state index in [1.807, 2.05) is 0 Å². The molecule has 1 N–H and O–H groups in total. The first-order valence-corrected chi connectivity index (χ1v) is 5.14. The minimum absolute atomic E-state index is 0.221. The summed E-state index contributed by atoms with van der Waals surface area (Å²) in [6.07, 6.45) is 3.42. The molecule has 0 aromatic rings. The van der Waals surface area contributed by atoms with E-state index >= 15 is 0 Å². The third kappa shape index (κ3) is 3.08. The molecule has 3 nitrogen and oxygen atoms in total. The molecule has 0 spiro atoms. The molecule has 0 radical (unpaired) electrons. The Hall–Kier alpha value is -0.410. The van der Waals surface area contributed by atoms with Crippen LogP contribution in [-0.2, 0) is 4.79 Å². The first kappa shape index (κ1) is 10.7. The van der Waals surface area contributed by atoms with Crippen molar-refractivity contribution >= 4 is 5.78 Å². The number of carbonyl (C=O) groups is 1. The molecule has 0 amide bonds. The second kappa shape index (κ2) is 5.35. The SMILES string of the molecule is CCN(CCO)C1CCC(=O)CC1. The predicted molar refractivity (Wildman–Crippen MR) is 51.6 cm³/mol. The van der Waals surface area contributed by atoms with Gasteiger partial charge in [0.2, 0.25) is 0 Å². The van der Waals surface area contributed by atoms with Gasteiger partial charge in [-0.1, -0.05) is 6.92 Å². The van der Waals surface area contributed by atoms with E-state index in [9.17, 15) is 4.79 Å². The lowest BCUT2D eigenvalue weighted by molar-refractivity contribution is -0.121. The highest BCUT2D eigenvalue weighted by Crippen LogP contribution is 2.19. The molecule has 0 aliphatic heterocycles. The Kier molecular flexibility index (Phi) is 4.39. The van der Waals surface area contributed by atoms with E-state index in [0.717, 1.165) is 38.8 Å². The highest BCUT2D eigenvalue weighted by molar-refractivity contribution is 5.79. The molecule has 13 heavy (non-hydrogen) atoms. The summed E-state index contributed by atoms with van der Waals surface area (Å²) in [6, 6.07) is 0.523. The zero-order valence-electron chi connectivity index (χ0n) is 8.33. The van der Waals surface area contributed by atoms with Crippen molar-refractivity contribution in [2.75, 3.05) is 19.7 Å². The molecule has 1 aliphatic rings. The molecule has 1 fully saturated rings. The molecule has 0 heterocycles. The van der Waals surface area contributed by atoms with E-state index in [2.05, 4.69) is 11.8 Å². The summed E-state index contributed by atoms with van der Waals surface area (Å²) in [5.41, 5.74) is 0. The molecule has 0 bridgehead atoms. The van der Waals surface area contributed by atoms with Crippen molar-refractivity contribution < 1.29 is 9.90 Å². The molecule has 1 rings (SSSR count). The van der Waals surface area contributed by atoms with Crippen molar-refractivity contribution in [1.82, 2.24) is 4.90 Å². The quantitative estimate of drug-likeness (QED) is 0.704. The first-order valence-electron chi connectivity index (χ1n) is 5.14. The summed E-state index contributed by atoms with van der Waals surface area (Å²) in [7, 11) is 0. The van der Waals surface area contributed by atoms with Gasteiger partial charge in [0.05, 0.1) is 6.61 Å². The van der Waals surface area contributed by atoms with Crippen LogP contribution in [0.3, 0.4) is 0 Å². The summed E-state index contributed by atoms with van der Waals surface area (Å²) in [6.45, 7) is 4.04. The van der Waals surface area contributed by atoms with Gasteiger partial charge in [-0.05, 0) is 19.4 Å². The van der Waals surface area contributed by atoms with Gasteiger partial charge in [-0.15, -0.1) is 0 Å². The van der Waals surface area contributed by atoms with Crippen LogP contribution in [-0.4, -0.2) is 41.5 Å². The molecular weight excluding hydrogens is 166 g/mol. The number of Topliss-reactive ketones (excluding diaryl/α,β-unsaturated/α-hetero) is 1. The van der Waals surface area contributed by atoms with Crippen molar-refractivity contribution in [2.45, 2.75) is 38.6 Å². The summed E-state index contributed by atoms with van der Waals surface area (Å²) in [5, 5.41) is 8.84. The number of hydrogen-bond acceptors (Lipinski definition) is 3. The van der Waals surface area contributed by atoms with E-state index in [4.69, 9.17) is 5.11 Å². The van der Waals surface area contributed by atoms with Crippen molar-refractivity contribution in [2.24, 2.45) is 0 Å². The lowest BCUT2D eigenvalue weighted by atomic mass is 9.93. The van der Waals surface area contributed by atoms with Crippen LogP contribution >= 0.6 is 0 Å². The molecule has 0 saturated heterocycles. The fourth-order valence-corrected chi connectivity index (χ4v) is 2.02. The Bertz CT molecular complexity index is 160. The number of aliphatic hydroxyl groups excluding tert-OH is 1. The van der Waals surface area contributed by atoms with Crippen molar-refractivity contribution in [3.8, 4) is 0 Å². The summed E-state index contributed by atoms with van der Waals surface area (Å²) in [5.74, 6) is 0.399. The number of rotatable bonds is 4. The fraction of sp³-hybridized carbons (Fsp3) is 0.900. The average Bonchev–Trinajstić information content (AvgIpc) is 2.16. The van der Waals surface area contributed by atoms with E-state index in [1.165, 1.54) is 0 Å². The maximum absolute atomic E-state index is 11.0. The van der Waals surface area contributed by atoms with Crippen LogP contribution in [0.2, 0.25) is 0 Å². The second-order valence-electron chi connectivity index (χ2n) is 3.62. The Morgan fingerprint density at radius 1 is 1.46 bits per heavy atom. The average molecular weight is 185 g/mol. The van der Waals surface area contributed by atoms with E-state index in [0.29, 0.717) is 11.8 Å². The zero-order chi connectivity index (χ0) is 9.68. The van der Waals surface area contributed by atoms with Gasteiger partial charge in [0.25, 0.3) is 0 Å². The summed E-state index contributed by atoms with van der Waals surface area (Å²) >= 11 is 0. The van der Waals surface area contributed by atoms with Crippen LogP contribution in [0.1, 0.15) is 32.6 Å². The predicted octanol–water partition coefficient (Wildman–Crippen LogP) is 0.812. The smallest absolute Gasteiger partial charge is 0.133 e. The van der Waals surface area contributed by atoms with Crippen LogP contribution in [0.4, 0.5) is 0 Å². The van der Waals surface area contributed by atoms with Crippen LogP contribution in [0, 0.1) is 0 Å². The van der Waals surface area contributed by atoms with Gasteiger partial charge in [-0.25, -0.2) is 0 Å². The van der Waals surface area contributed by atoms with Crippen molar-refractivity contribution in [3.63, 3.8) is 0 Å². The van der Waals surface area contributed by atoms with Crippen LogP contribution in [0.25, 0.3) is 0 Å². The largest absolute Gasteiger partial charge is 0.395 e. The Morgan fingerprint density at radius 3 is 2.54 bits per heavy atom. The lowest BCUT2D eigenvalue weighted by Gasteiger charge is -2.32. The van der Waals surface area contributed by atoms with Gasteiger partial charge in [-0.2, -0.15) is 0 Å². The molecule has 1 aliphatic carbocycles. The minimum atomic E-state index is 0.221. The standard InChI is InChI=1S/C10H19NO2/c1-2-11(7-8-12)9-3-5-10(13)6-4-9/h9,12H,2-8H2,1H3. The van der Waals surface area contributed by atoms with E-state index in [1.54, 1.807) is 0 Å². The maximum atomic E-state index is 11.0.